The number of benzene rings is 3. The predicted octanol–water partition coefficient (Wildman–Crippen LogP) is 5.96. The van der Waals surface area contributed by atoms with Crippen molar-refractivity contribution in [2.45, 2.75) is 0 Å². The number of carbonyl (C=O) groups is 1. The summed E-state index contributed by atoms with van der Waals surface area (Å²) in [4.78, 5) is 31.8. The standard InChI is InChI=1S/C31H25N5O4S/c1-39-20-13-14-24(40-2)21(15-20)22-16-23(18-9-5-3-6-10-18)33-31-27(22)28(32)29(41-31)30(38)34-25-17-26(37)36(35-25)19-11-7-4-8-12-19/h3-17,35H,32H2,1-2H3,(H,34,38). The predicted molar refractivity (Wildman–Crippen MR) is 162 cm³/mol. The lowest BCUT2D eigenvalue weighted by Crippen LogP contribution is -2.13. The van der Waals surface area contributed by atoms with E-state index in [4.69, 9.17) is 20.2 Å². The van der Waals surface area contributed by atoms with Crippen molar-refractivity contribution >= 4 is 39.0 Å². The Morgan fingerprint density at radius 2 is 1.66 bits per heavy atom. The lowest BCUT2D eigenvalue weighted by Gasteiger charge is -2.13. The first-order chi connectivity index (χ1) is 20.0. The molecule has 0 fully saturated rings. The molecule has 0 saturated carbocycles. The van der Waals surface area contributed by atoms with Crippen molar-refractivity contribution in [3.05, 3.63) is 106 Å². The Balaban J connectivity index is 1.48. The number of para-hydroxylation sites is 1. The largest absolute Gasteiger partial charge is 0.497 e. The third kappa shape index (κ3) is 4.81. The molecular weight excluding hydrogens is 538 g/mol. The fraction of sp³-hybridized carbons (Fsp3) is 0.0645. The van der Waals surface area contributed by atoms with Gasteiger partial charge in [0.1, 0.15) is 27.0 Å². The zero-order chi connectivity index (χ0) is 28.5. The van der Waals surface area contributed by atoms with Crippen LogP contribution in [0.1, 0.15) is 9.67 Å². The molecule has 3 heterocycles. The second-order valence-corrected chi connectivity index (χ2v) is 10.1. The minimum atomic E-state index is -0.461. The maximum Gasteiger partial charge on any atom is 0.273 e. The van der Waals surface area contributed by atoms with Crippen LogP contribution in [0.25, 0.3) is 38.3 Å². The quantitative estimate of drug-likeness (QED) is 0.220. The van der Waals surface area contributed by atoms with Crippen molar-refractivity contribution in [2.24, 2.45) is 0 Å². The van der Waals surface area contributed by atoms with Crippen LogP contribution in [-0.2, 0) is 0 Å². The van der Waals surface area contributed by atoms with Crippen molar-refractivity contribution < 1.29 is 14.3 Å². The van der Waals surface area contributed by atoms with Gasteiger partial charge < -0.3 is 20.5 Å². The van der Waals surface area contributed by atoms with Gasteiger partial charge >= 0.3 is 0 Å². The van der Waals surface area contributed by atoms with Crippen LogP contribution < -0.4 is 26.1 Å². The highest BCUT2D eigenvalue weighted by molar-refractivity contribution is 7.21. The summed E-state index contributed by atoms with van der Waals surface area (Å²) < 4.78 is 12.5. The van der Waals surface area contributed by atoms with Gasteiger partial charge in [-0.2, -0.15) is 0 Å². The van der Waals surface area contributed by atoms with Gasteiger partial charge in [0.05, 0.1) is 31.3 Å². The highest BCUT2D eigenvalue weighted by Gasteiger charge is 2.24. The van der Waals surface area contributed by atoms with Gasteiger partial charge in [-0.05, 0) is 36.4 Å². The summed E-state index contributed by atoms with van der Waals surface area (Å²) >= 11 is 1.18. The third-order valence-electron chi connectivity index (χ3n) is 6.65. The molecule has 41 heavy (non-hydrogen) atoms. The summed E-state index contributed by atoms with van der Waals surface area (Å²) in [5, 5.41) is 6.34. The molecule has 0 atom stereocenters. The van der Waals surface area contributed by atoms with E-state index in [0.717, 1.165) is 22.4 Å². The highest BCUT2D eigenvalue weighted by atomic mass is 32.1. The molecule has 6 aromatic rings. The van der Waals surface area contributed by atoms with Crippen LogP contribution in [0.5, 0.6) is 11.5 Å². The third-order valence-corrected chi connectivity index (χ3v) is 7.75. The van der Waals surface area contributed by atoms with Crippen LogP contribution >= 0.6 is 11.3 Å². The van der Waals surface area contributed by atoms with E-state index in [-0.39, 0.29) is 21.9 Å². The molecule has 9 nitrogen and oxygen atoms in total. The van der Waals surface area contributed by atoms with E-state index in [1.165, 1.54) is 22.1 Å². The number of fused-ring (bicyclic) bond motifs is 1. The number of thiophene rings is 1. The number of amides is 1. The number of aromatic nitrogens is 3. The summed E-state index contributed by atoms with van der Waals surface area (Å²) in [6, 6.07) is 27.6. The smallest absolute Gasteiger partial charge is 0.273 e. The molecule has 0 aliphatic carbocycles. The average Bonchev–Trinajstić information content (AvgIpc) is 3.55. The molecule has 0 aliphatic heterocycles. The number of nitrogens with two attached hydrogens (primary N) is 1. The van der Waals surface area contributed by atoms with E-state index < -0.39 is 5.91 Å². The van der Waals surface area contributed by atoms with Crippen molar-refractivity contribution in [1.29, 1.82) is 0 Å². The Bertz CT molecular complexity index is 1940. The lowest BCUT2D eigenvalue weighted by molar-refractivity contribution is 0.103. The number of nitrogens with zero attached hydrogens (tertiary/aromatic N) is 2. The topological polar surface area (TPSA) is 124 Å². The number of ether oxygens (including phenoxy) is 2. The van der Waals surface area contributed by atoms with Gasteiger partial charge in [0.2, 0.25) is 0 Å². The number of methoxy groups -OCH3 is 2. The summed E-state index contributed by atoms with van der Waals surface area (Å²) in [6.07, 6.45) is 0. The number of anilines is 2. The van der Waals surface area contributed by atoms with E-state index in [9.17, 15) is 9.59 Å². The minimum Gasteiger partial charge on any atom is -0.497 e. The Hall–Kier alpha value is -5.35. The fourth-order valence-corrected chi connectivity index (χ4v) is 5.71. The lowest BCUT2D eigenvalue weighted by atomic mass is 9.98. The molecule has 0 aliphatic rings. The first-order valence-corrected chi connectivity index (χ1v) is 13.5. The van der Waals surface area contributed by atoms with Gasteiger partial charge in [0.15, 0.2) is 0 Å². The number of nitrogen functional groups attached to an aromatic ring is 1. The first kappa shape index (κ1) is 25.9. The van der Waals surface area contributed by atoms with Crippen LogP contribution in [0.4, 0.5) is 11.5 Å². The van der Waals surface area contributed by atoms with E-state index in [0.29, 0.717) is 27.4 Å². The van der Waals surface area contributed by atoms with E-state index >= 15 is 0 Å². The molecule has 6 rings (SSSR count). The number of nitrogens with one attached hydrogen (secondary N) is 2. The number of carbonyl (C=O) groups excluding carboxylic acids is 1. The van der Waals surface area contributed by atoms with E-state index in [1.54, 1.807) is 26.4 Å². The molecule has 0 bridgehead atoms. The SMILES string of the molecule is COc1ccc(OC)c(-c2cc(-c3ccccc3)nc3sc(C(=O)Nc4cc(=O)n(-c5ccccc5)[nH]4)c(N)c23)c1. The molecule has 3 aromatic carbocycles. The Labute approximate surface area is 238 Å². The normalized spacial score (nSPS) is 11.0. The first-order valence-electron chi connectivity index (χ1n) is 12.7. The van der Waals surface area contributed by atoms with Gasteiger partial charge in [0, 0.05) is 28.1 Å². The monoisotopic (exact) mass is 563 g/mol. The Morgan fingerprint density at radius 1 is 0.927 bits per heavy atom. The number of pyridine rings is 1. The molecule has 0 spiro atoms. The van der Waals surface area contributed by atoms with Gasteiger partial charge in [0.25, 0.3) is 11.5 Å². The molecule has 1 amide bonds. The summed E-state index contributed by atoms with van der Waals surface area (Å²) in [5.74, 6) is 1.05. The van der Waals surface area contributed by atoms with Gasteiger partial charge in [-0.25, -0.2) is 9.67 Å². The summed E-state index contributed by atoms with van der Waals surface area (Å²) in [7, 11) is 3.19. The van der Waals surface area contributed by atoms with Gasteiger partial charge in [-0.1, -0.05) is 48.5 Å². The zero-order valence-corrected chi connectivity index (χ0v) is 23.0. The van der Waals surface area contributed by atoms with E-state index in [2.05, 4.69) is 10.4 Å². The molecule has 0 unspecified atom stereocenters. The minimum absolute atomic E-state index is 0.244. The van der Waals surface area contributed by atoms with Crippen LogP contribution in [0.15, 0.2) is 95.8 Å². The number of hydrogen-bond donors (Lipinski definition) is 3. The molecule has 0 saturated heterocycles. The van der Waals surface area contributed by atoms with Crippen molar-refractivity contribution in [3.8, 4) is 39.6 Å². The number of aromatic amines is 1. The number of H-pyrrole nitrogens is 1. The molecule has 3 aromatic heterocycles. The van der Waals surface area contributed by atoms with E-state index in [1.807, 2.05) is 72.8 Å². The average molecular weight is 564 g/mol. The fourth-order valence-electron chi connectivity index (χ4n) is 4.69. The van der Waals surface area contributed by atoms with Gasteiger partial charge in [-0.3, -0.25) is 14.7 Å². The van der Waals surface area contributed by atoms with Crippen LogP contribution in [0.3, 0.4) is 0 Å². The van der Waals surface area contributed by atoms with Crippen LogP contribution in [-0.4, -0.2) is 34.9 Å². The second kappa shape index (κ2) is 10.7. The maximum atomic E-state index is 13.5. The van der Waals surface area contributed by atoms with Gasteiger partial charge in [-0.15, -0.1) is 11.3 Å². The zero-order valence-electron chi connectivity index (χ0n) is 22.2. The summed E-state index contributed by atoms with van der Waals surface area (Å²) in [6.45, 7) is 0. The number of rotatable bonds is 7. The maximum absolute atomic E-state index is 13.5. The Kier molecular flexibility index (Phi) is 6.74. The van der Waals surface area contributed by atoms with Crippen LogP contribution in [0.2, 0.25) is 0 Å². The Morgan fingerprint density at radius 3 is 2.37 bits per heavy atom. The molecule has 4 N–H and O–H groups in total. The van der Waals surface area contributed by atoms with Crippen molar-refractivity contribution in [2.75, 3.05) is 25.3 Å². The molecular formula is C31H25N5O4S. The van der Waals surface area contributed by atoms with Crippen molar-refractivity contribution in [3.63, 3.8) is 0 Å². The highest BCUT2D eigenvalue weighted by Crippen LogP contribution is 2.44. The van der Waals surface area contributed by atoms with Crippen LogP contribution in [0, 0.1) is 0 Å². The molecule has 0 radical (unpaired) electrons. The molecule has 10 heteroatoms. The second-order valence-electron chi connectivity index (χ2n) is 9.15. The molecule has 204 valence electrons. The number of hydrogen-bond acceptors (Lipinski definition) is 7. The van der Waals surface area contributed by atoms with Crippen molar-refractivity contribution in [1.82, 2.24) is 14.8 Å². The summed E-state index contributed by atoms with van der Waals surface area (Å²) in [5.41, 5.74) is 10.4.